The minimum absolute atomic E-state index is 0.0244. The maximum absolute atomic E-state index is 12.2. The summed E-state index contributed by atoms with van der Waals surface area (Å²) in [5.41, 5.74) is 2.52. The van der Waals surface area contributed by atoms with Gasteiger partial charge in [-0.15, -0.1) is 5.10 Å². The molecule has 0 aliphatic heterocycles. The van der Waals surface area contributed by atoms with E-state index in [0.717, 1.165) is 28.1 Å². The van der Waals surface area contributed by atoms with Crippen molar-refractivity contribution in [2.24, 2.45) is 7.05 Å². The van der Waals surface area contributed by atoms with E-state index in [0.29, 0.717) is 10.6 Å². The third-order valence-electron chi connectivity index (χ3n) is 3.07. The number of aryl methyl sites for hydroxylation is 2. The largest absolute Gasteiger partial charge is 0.293 e. The number of benzene rings is 1. The summed E-state index contributed by atoms with van der Waals surface area (Å²) in [7, 11) is 1.88. The normalized spacial score (nSPS) is 11.1. The average Bonchev–Trinajstić information content (AvgIpc) is 2.95. The van der Waals surface area contributed by atoms with Gasteiger partial charge in [0, 0.05) is 12.4 Å². The Balaban J connectivity index is 1.98. The number of hydrogen-bond acceptors (Lipinski definition) is 5. The van der Waals surface area contributed by atoms with Crippen molar-refractivity contribution in [2.45, 2.75) is 13.3 Å². The lowest BCUT2D eigenvalue weighted by Gasteiger charge is -1.96. The van der Waals surface area contributed by atoms with E-state index in [1.165, 1.54) is 0 Å². The van der Waals surface area contributed by atoms with Gasteiger partial charge in [-0.1, -0.05) is 22.7 Å². The van der Waals surface area contributed by atoms with Gasteiger partial charge in [-0.2, -0.15) is 5.10 Å². The van der Waals surface area contributed by atoms with E-state index in [1.807, 2.05) is 31.3 Å². The topological polar surface area (TPSA) is 60.7 Å². The van der Waals surface area contributed by atoms with Crippen molar-refractivity contribution in [3.63, 3.8) is 0 Å². The first-order valence-electron chi connectivity index (χ1n) is 5.89. The van der Waals surface area contributed by atoms with Crippen molar-refractivity contribution < 1.29 is 4.79 Å². The zero-order valence-corrected chi connectivity index (χ0v) is 11.4. The van der Waals surface area contributed by atoms with Gasteiger partial charge in [-0.25, -0.2) is 0 Å². The van der Waals surface area contributed by atoms with Crippen LogP contribution in [0.5, 0.6) is 0 Å². The Labute approximate surface area is 114 Å². The van der Waals surface area contributed by atoms with Crippen LogP contribution in [-0.2, 0) is 13.5 Å². The van der Waals surface area contributed by atoms with Crippen LogP contribution >= 0.6 is 11.5 Å². The van der Waals surface area contributed by atoms with Crippen LogP contribution < -0.4 is 0 Å². The van der Waals surface area contributed by atoms with Gasteiger partial charge in [0.2, 0.25) is 0 Å². The number of para-hydroxylation sites is 1. The first-order valence-corrected chi connectivity index (χ1v) is 6.67. The van der Waals surface area contributed by atoms with Gasteiger partial charge in [-0.05, 0) is 24.5 Å². The van der Waals surface area contributed by atoms with Crippen molar-refractivity contribution in [1.82, 2.24) is 19.4 Å². The molecule has 0 atom stereocenters. The molecule has 0 aliphatic rings. The molecule has 3 aromatic rings. The lowest BCUT2D eigenvalue weighted by Crippen LogP contribution is -2.04. The first-order chi connectivity index (χ1) is 9.16. The van der Waals surface area contributed by atoms with E-state index in [4.69, 9.17) is 0 Å². The number of nitrogens with zero attached hydrogens (tertiary/aromatic N) is 4. The highest BCUT2D eigenvalue weighted by atomic mass is 32.1. The number of ketones is 1. The predicted octanol–water partition coefficient (Wildman–Crippen LogP) is 2.16. The summed E-state index contributed by atoms with van der Waals surface area (Å²) in [6.07, 6.45) is 0.284. The van der Waals surface area contributed by atoms with E-state index in [1.54, 1.807) is 11.6 Å². The Bertz CT molecular complexity index is 759. The predicted molar refractivity (Wildman–Crippen MR) is 73.4 cm³/mol. The Morgan fingerprint density at radius 3 is 2.89 bits per heavy atom. The number of Topliss-reactive ketones (excluding diaryl/α,β-unsaturated/α-hetero) is 1. The van der Waals surface area contributed by atoms with E-state index < -0.39 is 0 Å². The summed E-state index contributed by atoms with van der Waals surface area (Å²) in [5, 5.41) is 9.32. The first kappa shape index (κ1) is 12.0. The standard InChI is InChI=1S/C13H12N4OS/c1-8-13(19-16-14-8)12(18)7-10-9-5-3-4-6-11(9)17(2)15-10/h3-6H,7H2,1-2H3. The number of carbonyl (C=O) groups is 1. The van der Waals surface area contributed by atoms with Gasteiger partial charge in [0.05, 0.1) is 23.3 Å². The molecule has 0 spiro atoms. The van der Waals surface area contributed by atoms with Gasteiger partial charge >= 0.3 is 0 Å². The van der Waals surface area contributed by atoms with E-state index in [-0.39, 0.29) is 12.2 Å². The third kappa shape index (κ3) is 2.04. The number of aromatic nitrogens is 4. The van der Waals surface area contributed by atoms with Crippen LogP contribution in [0, 0.1) is 6.92 Å². The molecule has 1 aromatic carbocycles. The lowest BCUT2D eigenvalue weighted by atomic mass is 10.1. The smallest absolute Gasteiger partial charge is 0.182 e. The molecule has 0 N–H and O–H groups in total. The highest BCUT2D eigenvalue weighted by Crippen LogP contribution is 2.20. The molecular formula is C13H12N4OS. The molecule has 5 nitrogen and oxygen atoms in total. The molecule has 3 rings (SSSR count). The number of fused-ring (bicyclic) bond motifs is 1. The van der Waals surface area contributed by atoms with Gasteiger partial charge in [0.25, 0.3) is 0 Å². The van der Waals surface area contributed by atoms with Crippen molar-refractivity contribution in [3.05, 3.63) is 40.5 Å². The quantitative estimate of drug-likeness (QED) is 0.685. The summed E-state index contributed by atoms with van der Waals surface area (Å²) >= 11 is 1.14. The van der Waals surface area contributed by atoms with Crippen molar-refractivity contribution in [3.8, 4) is 0 Å². The van der Waals surface area contributed by atoms with Crippen LogP contribution in [0.25, 0.3) is 10.9 Å². The van der Waals surface area contributed by atoms with Gasteiger partial charge in [0.15, 0.2) is 5.78 Å². The fraction of sp³-hybridized carbons (Fsp3) is 0.231. The fourth-order valence-electron chi connectivity index (χ4n) is 2.14. The van der Waals surface area contributed by atoms with Crippen LogP contribution in [-0.4, -0.2) is 25.2 Å². The van der Waals surface area contributed by atoms with E-state index in [2.05, 4.69) is 14.7 Å². The second-order valence-electron chi connectivity index (χ2n) is 4.37. The Hall–Kier alpha value is -2.08. The summed E-state index contributed by atoms with van der Waals surface area (Å²) in [6, 6.07) is 7.91. The molecule has 0 bridgehead atoms. The molecular weight excluding hydrogens is 260 g/mol. The molecule has 0 radical (unpaired) electrons. The molecule has 0 unspecified atom stereocenters. The van der Waals surface area contributed by atoms with Crippen LogP contribution in [0.1, 0.15) is 21.1 Å². The molecule has 2 heterocycles. The maximum atomic E-state index is 12.2. The second kappa shape index (κ2) is 4.55. The molecule has 96 valence electrons. The molecule has 0 aliphatic carbocycles. The number of carbonyl (C=O) groups excluding carboxylic acids is 1. The fourth-order valence-corrected chi connectivity index (χ4v) is 2.73. The molecule has 0 amide bonds. The molecule has 0 saturated carbocycles. The van der Waals surface area contributed by atoms with Gasteiger partial charge < -0.3 is 0 Å². The van der Waals surface area contributed by atoms with Crippen molar-refractivity contribution in [2.75, 3.05) is 0 Å². The highest BCUT2D eigenvalue weighted by molar-refractivity contribution is 7.08. The summed E-state index contributed by atoms with van der Waals surface area (Å²) in [5.74, 6) is 0.0244. The second-order valence-corrected chi connectivity index (χ2v) is 5.13. The van der Waals surface area contributed by atoms with Crippen LogP contribution in [0.15, 0.2) is 24.3 Å². The molecule has 2 aromatic heterocycles. The number of rotatable bonds is 3. The zero-order valence-electron chi connectivity index (χ0n) is 10.6. The third-order valence-corrected chi connectivity index (χ3v) is 3.94. The molecule has 0 saturated heterocycles. The van der Waals surface area contributed by atoms with E-state index in [9.17, 15) is 4.79 Å². The Morgan fingerprint density at radius 2 is 2.16 bits per heavy atom. The Kier molecular flexibility index (Phi) is 2.87. The molecule has 6 heteroatoms. The van der Waals surface area contributed by atoms with Crippen LogP contribution in [0.3, 0.4) is 0 Å². The Morgan fingerprint density at radius 1 is 1.37 bits per heavy atom. The molecule has 19 heavy (non-hydrogen) atoms. The summed E-state index contributed by atoms with van der Waals surface area (Å²) < 4.78 is 5.60. The van der Waals surface area contributed by atoms with E-state index >= 15 is 0 Å². The van der Waals surface area contributed by atoms with Gasteiger partial charge in [-0.3, -0.25) is 9.48 Å². The minimum atomic E-state index is 0.0244. The average molecular weight is 272 g/mol. The molecule has 0 fully saturated rings. The lowest BCUT2D eigenvalue weighted by molar-refractivity contribution is 0.0995. The maximum Gasteiger partial charge on any atom is 0.182 e. The summed E-state index contributed by atoms with van der Waals surface area (Å²) in [6.45, 7) is 1.80. The monoisotopic (exact) mass is 272 g/mol. The minimum Gasteiger partial charge on any atom is -0.293 e. The number of hydrogen-bond donors (Lipinski definition) is 0. The van der Waals surface area contributed by atoms with Crippen LogP contribution in [0.4, 0.5) is 0 Å². The SMILES string of the molecule is Cc1nnsc1C(=O)Cc1nn(C)c2ccccc12. The highest BCUT2D eigenvalue weighted by Gasteiger charge is 2.17. The van der Waals surface area contributed by atoms with Crippen molar-refractivity contribution in [1.29, 1.82) is 0 Å². The van der Waals surface area contributed by atoms with Crippen molar-refractivity contribution >= 4 is 28.2 Å². The summed E-state index contributed by atoms with van der Waals surface area (Å²) in [4.78, 5) is 12.9. The van der Waals surface area contributed by atoms with Gasteiger partial charge in [0.1, 0.15) is 4.88 Å². The zero-order chi connectivity index (χ0) is 13.4. The van der Waals surface area contributed by atoms with Crippen LogP contribution in [0.2, 0.25) is 0 Å².